The molecule has 2 fully saturated rings. The van der Waals surface area contributed by atoms with Crippen LogP contribution in [0.1, 0.15) is 24.2 Å². The second-order valence-corrected chi connectivity index (χ2v) is 6.00. The molecule has 2 aliphatic rings. The Kier molecular flexibility index (Phi) is 3.85. The van der Waals surface area contributed by atoms with Gasteiger partial charge in [0.15, 0.2) is 5.79 Å². The topological polar surface area (TPSA) is 109 Å². The van der Waals surface area contributed by atoms with Gasteiger partial charge in [0, 0.05) is 6.54 Å². The molecule has 3 N–H and O–H groups in total. The summed E-state index contributed by atoms with van der Waals surface area (Å²) < 4.78 is 17.6. The van der Waals surface area contributed by atoms with E-state index in [9.17, 15) is 4.79 Å². The number of fused-ring (bicyclic) bond motifs is 1. The lowest BCUT2D eigenvalue weighted by Crippen LogP contribution is -2.51. The molecule has 0 aromatic carbocycles. The lowest BCUT2D eigenvalue weighted by molar-refractivity contribution is -0.188. The van der Waals surface area contributed by atoms with Gasteiger partial charge in [-0.3, -0.25) is 4.79 Å². The van der Waals surface area contributed by atoms with Crippen LogP contribution in [-0.2, 0) is 14.2 Å². The third-order valence-corrected chi connectivity index (χ3v) is 3.88. The van der Waals surface area contributed by atoms with Gasteiger partial charge in [0.1, 0.15) is 11.7 Å². The molecular formula is C14H20N4O4. The van der Waals surface area contributed by atoms with Crippen molar-refractivity contribution in [1.82, 2.24) is 15.5 Å². The Morgan fingerprint density at radius 2 is 2.32 bits per heavy atom. The molecule has 1 amide bonds. The minimum atomic E-state index is -0.731. The van der Waals surface area contributed by atoms with Crippen LogP contribution in [0.4, 0.5) is 0 Å². The van der Waals surface area contributed by atoms with Crippen molar-refractivity contribution in [3.05, 3.63) is 24.0 Å². The summed E-state index contributed by atoms with van der Waals surface area (Å²) in [6.07, 6.45) is 2.34. The molecule has 0 aliphatic carbocycles. The molecule has 0 saturated carbocycles. The molecule has 2 aliphatic heterocycles. The number of carbonyl (C=O) groups is 1. The predicted octanol–water partition coefficient (Wildman–Crippen LogP) is -0.546. The quantitative estimate of drug-likeness (QED) is 0.768. The molecule has 8 nitrogen and oxygen atoms in total. The minimum absolute atomic E-state index is 0.235. The number of nitrogens with two attached hydrogens (primary N) is 1. The number of rotatable bonds is 4. The first-order chi connectivity index (χ1) is 10.5. The maximum Gasteiger partial charge on any atom is 0.253 e. The van der Waals surface area contributed by atoms with Gasteiger partial charge in [0.25, 0.3) is 5.91 Å². The molecule has 0 spiro atoms. The molecule has 3 heterocycles. The Bertz CT molecular complexity index is 553. The number of hydrogen-bond acceptors (Lipinski definition) is 7. The van der Waals surface area contributed by atoms with E-state index in [-0.39, 0.29) is 24.7 Å². The Morgan fingerprint density at radius 3 is 3.00 bits per heavy atom. The second kappa shape index (κ2) is 5.54. The summed E-state index contributed by atoms with van der Waals surface area (Å²) in [5.41, 5.74) is 5.44. The average molecular weight is 308 g/mol. The number of aromatic nitrogens is 2. The smallest absolute Gasteiger partial charge is 0.253 e. The van der Waals surface area contributed by atoms with Gasteiger partial charge in [-0.2, -0.15) is 10.2 Å². The molecule has 1 aromatic rings. The highest BCUT2D eigenvalue weighted by Gasteiger charge is 2.60. The van der Waals surface area contributed by atoms with E-state index >= 15 is 0 Å². The van der Waals surface area contributed by atoms with Crippen LogP contribution in [-0.4, -0.2) is 59.4 Å². The summed E-state index contributed by atoms with van der Waals surface area (Å²) in [4.78, 5) is 12.2. The van der Waals surface area contributed by atoms with Crippen molar-refractivity contribution in [2.45, 2.75) is 37.4 Å². The first-order valence-electron chi connectivity index (χ1n) is 7.20. The highest BCUT2D eigenvalue weighted by Crippen LogP contribution is 2.42. The van der Waals surface area contributed by atoms with Crippen LogP contribution < -0.4 is 11.1 Å². The van der Waals surface area contributed by atoms with E-state index in [1.807, 2.05) is 13.8 Å². The number of carbonyl (C=O) groups excluding carboxylic acids is 1. The SMILES string of the molecule is CC1(C)O[C@@H]2[C@@H](CN)OC[C@]2(CNC(=O)c2ccnnc2)O1. The van der Waals surface area contributed by atoms with E-state index in [4.69, 9.17) is 19.9 Å². The zero-order valence-corrected chi connectivity index (χ0v) is 12.6. The molecule has 2 saturated heterocycles. The summed E-state index contributed by atoms with van der Waals surface area (Å²) in [6, 6.07) is 1.60. The van der Waals surface area contributed by atoms with Gasteiger partial charge >= 0.3 is 0 Å². The molecular weight excluding hydrogens is 288 g/mol. The first kappa shape index (κ1) is 15.3. The van der Waals surface area contributed by atoms with Crippen LogP contribution in [0.2, 0.25) is 0 Å². The van der Waals surface area contributed by atoms with Gasteiger partial charge in [-0.1, -0.05) is 0 Å². The van der Waals surface area contributed by atoms with Crippen LogP contribution in [0.3, 0.4) is 0 Å². The molecule has 0 unspecified atom stereocenters. The van der Waals surface area contributed by atoms with Gasteiger partial charge in [-0.05, 0) is 19.9 Å². The Morgan fingerprint density at radius 1 is 1.50 bits per heavy atom. The number of amides is 1. The Labute approximate surface area is 128 Å². The summed E-state index contributed by atoms with van der Waals surface area (Å²) in [7, 11) is 0. The van der Waals surface area contributed by atoms with E-state index in [0.29, 0.717) is 18.7 Å². The Hall–Kier alpha value is -1.61. The van der Waals surface area contributed by atoms with Crippen LogP contribution in [0, 0.1) is 0 Å². The van der Waals surface area contributed by atoms with E-state index in [1.165, 1.54) is 12.4 Å². The fraction of sp³-hybridized carbons (Fsp3) is 0.643. The first-order valence-corrected chi connectivity index (χ1v) is 7.20. The van der Waals surface area contributed by atoms with Crippen molar-refractivity contribution in [1.29, 1.82) is 0 Å². The molecule has 0 bridgehead atoms. The fourth-order valence-electron chi connectivity index (χ4n) is 2.98. The molecule has 1 aromatic heterocycles. The maximum absolute atomic E-state index is 12.2. The van der Waals surface area contributed by atoms with Crippen molar-refractivity contribution < 1.29 is 19.0 Å². The highest BCUT2D eigenvalue weighted by atomic mass is 16.8. The zero-order valence-electron chi connectivity index (χ0n) is 12.6. The Balaban J connectivity index is 1.71. The van der Waals surface area contributed by atoms with Crippen molar-refractivity contribution >= 4 is 5.91 Å². The molecule has 120 valence electrons. The number of hydrogen-bond donors (Lipinski definition) is 2. The summed E-state index contributed by atoms with van der Waals surface area (Å²) >= 11 is 0. The van der Waals surface area contributed by atoms with Crippen molar-refractivity contribution in [2.75, 3.05) is 19.7 Å². The second-order valence-electron chi connectivity index (χ2n) is 6.00. The standard InChI is InChI=1S/C14H20N4O4/c1-13(2)21-11-10(5-15)20-8-14(11,22-13)7-16-12(19)9-3-4-17-18-6-9/h3-4,6,10-11H,5,7-8,15H2,1-2H3,(H,16,19)/t10-,11-,14+/m1/s1. The van der Waals surface area contributed by atoms with E-state index in [0.717, 1.165) is 0 Å². The molecule has 22 heavy (non-hydrogen) atoms. The number of nitrogens with one attached hydrogen (secondary N) is 1. The molecule has 0 radical (unpaired) electrons. The predicted molar refractivity (Wildman–Crippen MR) is 75.9 cm³/mol. The summed E-state index contributed by atoms with van der Waals surface area (Å²) in [5, 5.41) is 10.2. The van der Waals surface area contributed by atoms with Gasteiger partial charge < -0.3 is 25.3 Å². The number of nitrogens with zero attached hydrogens (tertiary/aromatic N) is 2. The van der Waals surface area contributed by atoms with E-state index < -0.39 is 11.4 Å². The fourth-order valence-corrected chi connectivity index (χ4v) is 2.98. The average Bonchev–Trinajstić information content (AvgIpc) is 2.96. The van der Waals surface area contributed by atoms with E-state index in [1.54, 1.807) is 6.07 Å². The van der Waals surface area contributed by atoms with Crippen molar-refractivity contribution in [2.24, 2.45) is 5.73 Å². The largest absolute Gasteiger partial charge is 0.371 e. The van der Waals surface area contributed by atoms with Gasteiger partial charge in [-0.25, -0.2) is 0 Å². The molecule has 3 rings (SSSR count). The summed E-state index contributed by atoms with van der Waals surface area (Å²) in [5.74, 6) is -0.974. The van der Waals surface area contributed by atoms with Crippen LogP contribution in [0.15, 0.2) is 18.5 Å². The normalized spacial score (nSPS) is 32.7. The lowest BCUT2D eigenvalue weighted by atomic mass is 9.96. The van der Waals surface area contributed by atoms with Crippen LogP contribution in [0.25, 0.3) is 0 Å². The van der Waals surface area contributed by atoms with Gasteiger partial charge in [-0.15, -0.1) is 0 Å². The van der Waals surface area contributed by atoms with Crippen molar-refractivity contribution in [3.8, 4) is 0 Å². The third kappa shape index (κ3) is 2.70. The summed E-state index contributed by atoms with van der Waals surface area (Å²) in [6.45, 7) is 4.63. The van der Waals surface area contributed by atoms with Gasteiger partial charge in [0.05, 0.1) is 37.2 Å². The zero-order chi connectivity index (χ0) is 15.8. The van der Waals surface area contributed by atoms with E-state index in [2.05, 4.69) is 15.5 Å². The third-order valence-electron chi connectivity index (χ3n) is 3.88. The monoisotopic (exact) mass is 308 g/mol. The number of ether oxygens (including phenoxy) is 3. The van der Waals surface area contributed by atoms with Crippen LogP contribution >= 0.6 is 0 Å². The maximum atomic E-state index is 12.2. The molecule has 8 heteroatoms. The highest BCUT2D eigenvalue weighted by molar-refractivity contribution is 5.93. The van der Waals surface area contributed by atoms with Gasteiger partial charge in [0.2, 0.25) is 0 Å². The minimum Gasteiger partial charge on any atom is -0.371 e. The lowest BCUT2D eigenvalue weighted by Gasteiger charge is -2.27. The van der Waals surface area contributed by atoms with Crippen LogP contribution in [0.5, 0.6) is 0 Å². The molecule has 3 atom stereocenters. The van der Waals surface area contributed by atoms with Crippen molar-refractivity contribution in [3.63, 3.8) is 0 Å².